The van der Waals surface area contributed by atoms with Crippen LogP contribution in [-0.4, -0.2) is 37.9 Å². The molecule has 0 aliphatic carbocycles. The van der Waals surface area contributed by atoms with Crippen LogP contribution in [0.4, 0.5) is 9.52 Å². The molecule has 0 saturated heterocycles. The van der Waals surface area contributed by atoms with Gasteiger partial charge in [-0.15, -0.1) is 10.2 Å². The first-order chi connectivity index (χ1) is 15.7. The first-order valence-corrected chi connectivity index (χ1v) is 11.9. The van der Waals surface area contributed by atoms with Crippen molar-refractivity contribution in [2.45, 2.75) is 10.9 Å². The molecular weight excluding hydrogens is 471 g/mol. The summed E-state index contributed by atoms with van der Waals surface area (Å²) in [5.74, 6) is -0.505. The highest BCUT2D eigenvalue weighted by molar-refractivity contribution is 7.92. The molecule has 0 atom stereocenters. The van der Waals surface area contributed by atoms with E-state index in [9.17, 15) is 22.9 Å². The number of sulfone groups is 1. The van der Waals surface area contributed by atoms with Gasteiger partial charge in [0.05, 0.1) is 7.11 Å². The van der Waals surface area contributed by atoms with Crippen LogP contribution in [0.1, 0.15) is 11.1 Å². The molecule has 2 aromatic carbocycles. The second-order valence-corrected chi connectivity index (χ2v) is 9.73. The van der Waals surface area contributed by atoms with Gasteiger partial charge >= 0.3 is 0 Å². The van der Waals surface area contributed by atoms with E-state index in [-0.39, 0.29) is 27.5 Å². The number of hydrogen-bond donors (Lipinski definition) is 1. The number of aromatic nitrogens is 2. The number of rotatable bonds is 8. The number of benzene rings is 2. The van der Waals surface area contributed by atoms with Crippen molar-refractivity contribution >= 4 is 38.3 Å². The van der Waals surface area contributed by atoms with E-state index in [1.165, 1.54) is 19.3 Å². The second-order valence-electron chi connectivity index (χ2n) is 6.56. The number of methoxy groups -OCH3 is 1. The molecule has 1 heterocycles. The predicted octanol–water partition coefficient (Wildman–Crippen LogP) is 3.21. The molecule has 0 aliphatic heterocycles. The Bertz CT molecular complexity index is 1360. The van der Waals surface area contributed by atoms with Crippen LogP contribution in [0.25, 0.3) is 6.08 Å². The Kier molecular flexibility index (Phi) is 7.37. The molecule has 0 radical (unpaired) electrons. The van der Waals surface area contributed by atoms with Crippen molar-refractivity contribution in [3.63, 3.8) is 0 Å². The van der Waals surface area contributed by atoms with E-state index < -0.39 is 15.7 Å². The zero-order valence-electron chi connectivity index (χ0n) is 17.4. The molecule has 3 aromatic rings. The van der Waals surface area contributed by atoms with Crippen molar-refractivity contribution in [2.24, 2.45) is 0 Å². The molecule has 1 N–H and O–H groups in total. The lowest BCUT2D eigenvalue weighted by Crippen LogP contribution is -2.13. The predicted molar refractivity (Wildman–Crippen MR) is 119 cm³/mol. The van der Waals surface area contributed by atoms with Crippen molar-refractivity contribution in [1.29, 1.82) is 5.26 Å². The number of nitrogens with one attached hydrogen (secondary N) is 1. The normalized spacial score (nSPS) is 11.5. The minimum atomic E-state index is -3.56. The van der Waals surface area contributed by atoms with E-state index in [1.54, 1.807) is 42.5 Å². The number of carbonyl (C=O) groups is 1. The van der Waals surface area contributed by atoms with Gasteiger partial charge in [-0.2, -0.15) is 5.26 Å². The number of halogens is 1. The summed E-state index contributed by atoms with van der Waals surface area (Å²) in [5.41, 5.74) is 0.585. The molecule has 0 bridgehead atoms. The number of hydrogen-bond acceptors (Lipinski definition) is 9. The summed E-state index contributed by atoms with van der Waals surface area (Å²) in [6, 6.07) is 12.7. The van der Waals surface area contributed by atoms with Crippen molar-refractivity contribution in [1.82, 2.24) is 10.2 Å². The maximum absolute atomic E-state index is 13.8. The number of carbonyl (C=O) groups excluding carboxylic acids is 1. The lowest BCUT2D eigenvalue weighted by atomic mass is 10.1. The SMILES string of the molecule is COc1cc(/C=C(/C#N)C(=O)Nc2nnc(S(C)(=O)=O)s2)ccc1OCc1ccccc1F. The number of anilines is 1. The monoisotopic (exact) mass is 488 g/mol. The van der Waals surface area contributed by atoms with Crippen LogP contribution >= 0.6 is 11.3 Å². The van der Waals surface area contributed by atoms with Crippen molar-refractivity contribution in [2.75, 3.05) is 18.7 Å². The summed E-state index contributed by atoms with van der Waals surface area (Å²) in [7, 11) is -2.14. The highest BCUT2D eigenvalue weighted by Gasteiger charge is 2.18. The van der Waals surface area contributed by atoms with E-state index in [4.69, 9.17) is 9.47 Å². The molecule has 0 unspecified atom stereocenters. The first-order valence-electron chi connectivity index (χ1n) is 9.22. The van der Waals surface area contributed by atoms with Crippen LogP contribution in [0, 0.1) is 17.1 Å². The third-order valence-corrected chi connectivity index (χ3v) is 6.66. The molecule has 0 fully saturated rings. The topological polar surface area (TPSA) is 131 Å². The van der Waals surface area contributed by atoms with E-state index in [0.717, 1.165) is 6.26 Å². The van der Waals surface area contributed by atoms with Gasteiger partial charge in [-0.1, -0.05) is 35.6 Å². The van der Waals surface area contributed by atoms with Gasteiger partial charge < -0.3 is 9.47 Å². The van der Waals surface area contributed by atoms with Crippen molar-refractivity contribution < 1.29 is 27.1 Å². The van der Waals surface area contributed by atoms with Gasteiger partial charge in [-0.25, -0.2) is 12.8 Å². The number of nitriles is 1. The summed E-state index contributed by atoms with van der Waals surface area (Å²) < 4.78 is 47.5. The molecule has 1 aromatic heterocycles. The van der Waals surface area contributed by atoms with Gasteiger partial charge in [0.15, 0.2) is 11.5 Å². The molecule has 3 rings (SSSR count). The zero-order chi connectivity index (χ0) is 24.0. The first kappa shape index (κ1) is 23.8. The molecule has 0 spiro atoms. The fraction of sp³-hybridized carbons (Fsp3) is 0.143. The third-order valence-electron chi connectivity index (χ3n) is 4.15. The van der Waals surface area contributed by atoms with Crippen LogP contribution in [0.2, 0.25) is 0 Å². The molecule has 170 valence electrons. The molecule has 12 heteroatoms. The van der Waals surface area contributed by atoms with Gasteiger partial charge in [0.2, 0.25) is 19.3 Å². The van der Waals surface area contributed by atoms with Crippen LogP contribution in [0.3, 0.4) is 0 Å². The van der Waals surface area contributed by atoms with Crippen molar-refractivity contribution in [3.8, 4) is 17.6 Å². The van der Waals surface area contributed by atoms with Crippen LogP contribution < -0.4 is 14.8 Å². The van der Waals surface area contributed by atoms with Crippen molar-refractivity contribution in [3.05, 3.63) is 65.0 Å². The average molecular weight is 489 g/mol. The lowest BCUT2D eigenvalue weighted by molar-refractivity contribution is -0.112. The number of nitrogens with zero attached hydrogens (tertiary/aromatic N) is 3. The number of ether oxygens (including phenoxy) is 2. The third kappa shape index (κ3) is 6.12. The molecule has 9 nitrogen and oxygen atoms in total. The fourth-order valence-corrected chi connectivity index (χ4v) is 4.06. The molecule has 0 aliphatic rings. The van der Waals surface area contributed by atoms with Gasteiger partial charge in [0, 0.05) is 11.8 Å². The van der Waals surface area contributed by atoms with E-state index in [1.807, 2.05) is 0 Å². The lowest BCUT2D eigenvalue weighted by Gasteiger charge is -2.12. The van der Waals surface area contributed by atoms with E-state index in [2.05, 4.69) is 15.5 Å². The van der Waals surface area contributed by atoms with Crippen LogP contribution in [-0.2, 0) is 21.2 Å². The van der Waals surface area contributed by atoms with E-state index >= 15 is 0 Å². The van der Waals surface area contributed by atoms with E-state index in [0.29, 0.717) is 34.0 Å². The summed E-state index contributed by atoms with van der Waals surface area (Å²) in [4.78, 5) is 12.4. The highest BCUT2D eigenvalue weighted by atomic mass is 32.2. The Morgan fingerprint density at radius 2 is 2.00 bits per heavy atom. The van der Waals surface area contributed by atoms with Crippen LogP contribution in [0.5, 0.6) is 11.5 Å². The molecule has 33 heavy (non-hydrogen) atoms. The maximum Gasteiger partial charge on any atom is 0.268 e. The Hall–Kier alpha value is -3.82. The van der Waals surface area contributed by atoms with Gasteiger partial charge in [-0.3, -0.25) is 10.1 Å². The van der Waals surface area contributed by atoms with Gasteiger partial charge in [0.1, 0.15) is 24.1 Å². The average Bonchev–Trinajstić information content (AvgIpc) is 3.26. The molecule has 0 saturated carbocycles. The minimum absolute atomic E-state index is 0.0125. The second kappa shape index (κ2) is 10.2. The standard InChI is InChI=1S/C21H17FN4O5S2/c1-30-18-10-13(7-8-17(18)31-12-14-5-3-4-6-16(14)22)9-15(11-23)19(27)24-20-25-26-21(32-20)33(2,28)29/h3-10H,12H2,1-2H3,(H,24,25,27)/b15-9-. The highest BCUT2D eigenvalue weighted by Crippen LogP contribution is 2.30. The fourth-order valence-electron chi connectivity index (χ4n) is 2.55. The zero-order valence-corrected chi connectivity index (χ0v) is 19.0. The maximum atomic E-state index is 13.8. The smallest absolute Gasteiger partial charge is 0.268 e. The Morgan fingerprint density at radius 1 is 1.24 bits per heavy atom. The van der Waals surface area contributed by atoms with Gasteiger partial charge in [0.25, 0.3) is 5.91 Å². The summed E-state index contributed by atoms with van der Waals surface area (Å²) in [5, 5.41) is 18.8. The Morgan fingerprint density at radius 3 is 2.64 bits per heavy atom. The summed E-state index contributed by atoms with van der Waals surface area (Å²) >= 11 is 0.673. The van der Waals surface area contributed by atoms with Crippen LogP contribution in [0.15, 0.2) is 52.4 Å². The summed E-state index contributed by atoms with van der Waals surface area (Å²) in [6.07, 6.45) is 2.29. The molecule has 1 amide bonds. The molecular formula is C21H17FN4O5S2. The largest absolute Gasteiger partial charge is 0.493 e. The number of amides is 1. The Balaban J connectivity index is 1.76. The summed E-state index contributed by atoms with van der Waals surface area (Å²) in [6.45, 7) is -0.0125. The minimum Gasteiger partial charge on any atom is -0.493 e. The van der Waals surface area contributed by atoms with Gasteiger partial charge in [-0.05, 0) is 29.8 Å². The quantitative estimate of drug-likeness (QED) is 0.290. The Labute approximate surface area is 193 Å².